The molecule has 0 amide bonds. The monoisotopic (exact) mass is 195 g/mol. The van der Waals surface area contributed by atoms with E-state index in [0.29, 0.717) is 0 Å². The summed E-state index contributed by atoms with van der Waals surface area (Å²) in [7, 11) is 0. The van der Waals surface area contributed by atoms with Gasteiger partial charge in [-0.05, 0) is 18.9 Å². The Hall–Kier alpha value is -1.13. The third kappa shape index (κ3) is 1.71. The van der Waals surface area contributed by atoms with Crippen molar-refractivity contribution in [1.29, 1.82) is 0 Å². The lowest BCUT2D eigenvalue weighted by molar-refractivity contribution is -0.0239. The summed E-state index contributed by atoms with van der Waals surface area (Å²) in [6, 6.07) is 5.02. The Bertz CT molecular complexity index is 360. The number of ether oxygens (including phenoxy) is 1. The van der Waals surface area contributed by atoms with Crippen LogP contribution in [0.1, 0.15) is 19.1 Å². The van der Waals surface area contributed by atoms with Crippen molar-refractivity contribution in [3.8, 4) is 0 Å². The highest BCUT2D eigenvalue weighted by Gasteiger charge is 2.25. The Morgan fingerprint density at radius 1 is 1.50 bits per heavy atom. The topological polar surface area (TPSA) is 51.5 Å². The van der Waals surface area contributed by atoms with E-state index in [1.807, 2.05) is 0 Å². The van der Waals surface area contributed by atoms with Crippen LogP contribution in [0.15, 0.2) is 29.2 Å². The Morgan fingerprint density at radius 2 is 2.36 bits per heavy atom. The Balaban J connectivity index is 2.18. The molecule has 1 aromatic heterocycles. The van der Waals surface area contributed by atoms with Gasteiger partial charge in [-0.2, -0.15) is 0 Å². The van der Waals surface area contributed by atoms with Crippen molar-refractivity contribution in [1.82, 2.24) is 4.57 Å². The standard InChI is InChI=1S/C10H13NO3/c12-7-8-4-5-10(14-8)11-6-2-1-3-9(11)13/h1-3,6,8,10,12H,4-5,7H2. The molecule has 1 saturated heterocycles. The zero-order chi connectivity index (χ0) is 9.97. The summed E-state index contributed by atoms with van der Waals surface area (Å²) in [5.41, 5.74) is -0.0592. The first kappa shape index (κ1) is 9.43. The van der Waals surface area contributed by atoms with Crippen LogP contribution < -0.4 is 5.56 Å². The van der Waals surface area contributed by atoms with Gasteiger partial charge in [0.1, 0.15) is 6.23 Å². The van der Waals surface area contributed by atoms with Crippen molar-refractivity contribution in [3.05, 3.63) is 34.7 Å². The molecule has 0 bridgehead atoms. The van der Waals surface area contributed by atoms with Gasteiger partial charge >= 0.3 is 0 Å². The number of hydrogen-bond donors (Lipinski definition) is 1. The van der Waals surface area contributed by atoms with Crippen molar-refractivity contribution >= 4 is 0 Å². The predicted octanol–water partition coefficient (Wildman–Crippen LogP) is 0.518. The van der Waals surface area contributed by atoms with Crippen molar-refractivity contribution in [2.24, 2.45) is 0 Å². The van der Waals surface area contributed by atoms with Crippen molar-refractivity contribution in [2.75, 3.05) is 6.61 Å². The van der Waals surface area contributed by atoms with Crippen LogP contribution in [0, 0.1) is 0 Å². The average molecular weight is 195 g/mol. The predicted molar refractivity (Wildman–Crippen MR) is 50.9 cm³/mol. The molecule has 76 valence electrons. The summed E-state index contributed by atoms with van der Waals surface area (Å²) in [6.45, 7) is 0.0259. The van der Waals surface area contributed by atoms with Gasteiger partial charge in [0.15, 0.2) is 0 Å². The molecule has 14 heavy (non-hydrogen) atoms. The molecule has 1 aromatic rings. The molecule has 1 aliphatic rings. The van der Waals surface area contributed by atoms with Gasteiger partial charge in [-0.1, -0.05) is 6.07 Å². The molecule has 0 radical (unpaired) electrons. The number of aromatic nitrogens is 1. The largest absolute Gasteiger partial charge is 0.394 e. The molecular formula is C10H13NO3. The van der Waals surface area contributed by atoms with Crippen molar-refractivity contribution < 1.29 is 9.84 Å². The second-order valence-electron chi connectivity index (χ2n) is 3.42. The lowest BCUT2D eigenvalue weighted by Crippen LogP contribution is -2.24. The summed E-state index contributed by atoms with van der Waals surface area (Å²) in [4.78, 5) is 11.4. The van der Waals surface area contributed by atoms with Gasteiger partial charge in [-0.25, -0.2) is 0 Å². The fraction of sp³-hybridized carbons (Fsp3) is 0.500. The Labute approximate surface area is 81.7 Å². The Morgan fingerprint density at radius 3 is 3.00 bits per heavy atom. The lowest BCUT2D eigenvalue weighted by Gasteiger charge is -2.14. The van der Waals surface area contributed by atoms with Crippen LogP contribution in [0.3, 0.4) is 0 Å². The summed E-state index contributed by atoms with van der Waals surface area (Å²) in [6.07, 6.45) is 2.98. The van der Waals surface area contributed by atoms with E-state index < -0.39 is 0 Å². The molecule has 2 rings (SSSR count). The van der Waals surface area contributed by atoms with Crippen LogP contribution in [-0.4, -0.2) is 22.4 Å². The summed E-state index contributed by atoms with van der Waals surface area (Å²) in [5, 5.41) is 8.89. The molecule has 0 aromatic carbocycles. The first-order chi connectivity index (χ1) is 6.81. The van der Waals surface area contributed by atoms with Gasteiger partial charge in [0.2, 0.25) is 0 Å². The van der Waals surface area contributed by atoms with Crippen LogP contribution in [0.2, 0.25) is 0 Å². The first-order valence-corrected chi connectivity index (χ1v) is 4.75. The summed E-state index contributed by atoms with van der Waals surface area (Å²) >= 11 is 0. The summed E-state index contributed by atoms with van der Waals surface area (Å²) in [5.74, 6) is 0. The minimum atomic E-state index is -0.208. The van der Waals surface area contributed by atoms with E-state index in [1.165, 1.54) is 6.07 Å². The number of hydrogen-bond acceptors (Lipinski definition) is 3. The highest BCUT2D eigenvalue weighted by Crippen LogP contribution is 2.26. The maximum absolute atomic E-state index is 11.4. The number of aliphatic hydroxyl groups is 1. The number of rotatable bonds is 2. The minimum absolute atomic E-state index is 0.0259. The van der Waals surface area contributed by atoms with E-state index in [0.717, 1.165) is 12.8 Å². The molecule has 1 aliphatic heterocycles. The molecule has 2 atom stereocenters. The average Bonchev–Trinajstić information content (AvgIpc) is 2.67. The van der Waals surface area contributed by atoms with Gasteiger partial charge in [0.05, 0.1) is 12.7 Å². The fourth-order valence-electron chi connectivity index (χ4n) is 1.70. The zero-order valence-electron chi connectivity index (χ0n) is 7.80. The van der Waals surface area contributed by atoms with Gasteiger partial charge in [-0.15, -0.1) is 0 Å². The van der Waals surface area contributed by atoms with Gasteiger partial charge < -0.3 is 9.84 Å². The molecule has 0 aliphatic carbocycles. The van der Waals surface area contributed by atoms with E-state index in [-0.39, 0.29) is 24.5 Å². The molecular weight excluding hydrogens is 182 g/mol. The van der Waals surface area contributed by atoms with E-state index in [9.17, 15) is 4.79 Å². The second kappa shape index (κ2) is 3.94. The van der Waals surface area contributed by atoms with Crippen LogP contribution in [-0.2, 0) is 4.74 Å². The van der Waals surface area contributed by atoms with Gasteiger partial charge in [0, 0.05) is 12.3 Å². The molecule has 2 unspecified atom stereocenters. The quantitative estimate of drug-likeness (QED) is 0.748. The van der Waals surface area contributed by atoms with E-state index in [2.05, 4.69) is 0 Å². The van der Waals surface area contributed by atoms with Crippen molar-refractivity contribution in [2.45, 2.75) is 25.2 Å². The Kier molecular flexibility index (Phi) is 2.65. The molecule has 1 N–H and O–H groups in total. The highest BCUT2D eigenvalue weighted by molar-refractivity contribution is 4.94. The molecule has 2 heterocycles. The fourth-order valence-corrected chi connectivity index (χ4v) is 1.70. The molecule has 0 spiro atoms. The molecule has 4 nitrogen and oxygen atoms in total. The minimum Gasteiger partial charge on any atom is -0.394 e. The molecule has 4 heteroatoms. The van der Waals surface area contributed by atoms with Crippen LogP contribution >= 0.6 is 0 Å². The number of nitrogens with zero attached hydrogens (tertiary/aromatic N) is 1. The normalized spacial score (nSPS) is 26.6. The maximum Gasteiger partial charge on any atom is 0.252 e. The van der Waals surface area contributed by atoms with E-state index >= 15 is 0 Å². The molecule has 1 fully saturated rings. The smallest absolute Gasteiger partial charge is 0.252 e. The maximum atomic E-state index is 11.4. The molecule has 0 saturated carbocycles. The summed E-state index contributed by atoms with van der Waals surface area (Å²) < 4.78 is 7.06. The van der Waals surface area contributed by atoms with Crippen LogP contribution in [0.5, 0.6) is 0 Å². The number of aliphatic hydroxyl groups excluding tert-OH is 1. The number of pyridine rings is 1. The van der Waals surface area contributed by atoms with E-state index in [4.69, 9.17) is 9.84 Å². The lowest BCUT2D eigenvalue weighted by atomic mass is 10.2. The third-order valence-electron chi connectivity index (χ3n) is 2.45. The second-order valence-corrected chi connectivity index (χ2v) is 3.42. The van der Waals surface area contributed by atoms with Crippen molar-refractivity contribution in [3.63, 3.8) is 0 Å². The van der Waals surface area contributed by atoms with Gasteiger partial charge in [-0.3, -0.25) is 9.36 Å². The first-order valence-electron chi connectivity index (χ1n) is 4.75. The third-order valence-corrected chi connectivity index (χ3v) is 2.45. The van der Waals surface area contributed by atoms with Gasteiger partial charge in [0.25, 0.3) is 5.56 Å². The van der Waals surface area contributed by atoms with Crippen LogP contribution in [0.25, 0.3) is 0 Å². The highest BCUT2D eigenvalue weighted by atomic mass is 16.5. The zero-order valence-corrected chi connectivity index (χ0v) is 7.80. The SMILES string of the molecule is O=c1ccccn1C1CCC(CO)O1. The van der Waals surface area contributed by atoms with E-state index in [1.54, 1.807) is 22.9 Å². The van der Waals surface area contributed by atoms with Crippen LogP contribution in [0.4, 0.5) is 0 Å².